The molecule has 0 aliphatic rings. The first-order valence-corrected chi connectivity index (χ1v) is 6.68. The number of tetrazole rings is 1. The van der Waals surface area contributed by atoms with Crippen molar-refractivity contribution in [3.63, 3.8) is 0 Å². The molecular formula is C12H14BrN5O2. The van der Waals surface area contributed by atoms with E-state index in [1.54, 1.807) is 32.9 Å². The van der Waals surface area contributed by atoms with Gasteiger partial charge in [0.25, 0.3) is 0 Å². The van der Waals surface area contributed by atoms with E-state index in [2.05, 4.69) is 41.9 Å². The molecule has 0 saturated heterocycles. The Hall–Kier alpha value is -1.96. The fourth-order valence-electron chi connectivity index (χ4n) is 1.50. The fourth-order valence-corrected chi connectivity index (χ4v) is 1.87. The third-order valence-electron chi connectivity index (χ3n) is 2.20. The number of aromatic amines is 1. The molecule has 0 atom stereocenters. The summed E-state index contributed by atoms with van der Waals surface area (Å²) in [5.74, 6) is 0.392. The Labute approximate surface area is 124 Å². The van der Waals surface area contributed by atoms with E-state index < -0.39 is 11.7 Å². The second-order valence-electron chi connectivity index (χ2n) is 5.05. The highest BCUT2D eigenvalue weighted by Crippen LogP contribution is 2.28. The van der Waals surface area contributed by atoms with Crippen molar-refractivity contribution in [3.8, 4) is 11.4 Å². The van der Waals surface area contributed by atoms with Gasteiger partial charge < -0.3 is 4.74 Å². The van der Waals surface area contributed by atoms with Gasteiger partial charge in [0.15, 0.2) is 0 Å². The van der Waals surface area contributed by atoms with Crippen LogP contribution in [0.1, 0.15) is 20.8 Å². The lowest BCUT2D eigenvalue weighted by molar-refractivity contribution is 0.0636. The predicted octanol–water partition coefficient (Wildman–Crippen LogP) is 2.98. The topological polar surface area (TPSA) is 92.8 Å². The average molecular weight is 340 g/mol. The maximum absolute atomic E-state index is 11.8. The first-order valence-electron chi connectivity index (χ1n) is 5.88. The van der Waals surface area contributed by atoms with Crippen LogP contribution in [0.2, 0.25) is 0 Å². The summed E-state index contributed by atoms with van der Waals surface area (Å²) in [6.07, 6.45) is -0.541. The maximum Gasteiger partial charge on any atom is 0.412 e. The SMILES string of the molecule is CC(C)(C)OC(=O)Nc1cc(Br)ccc1-c1nn[nH]n1. The third kappa shape index (κ3) is 3.77. The molecule has 1 amide bonds. The highest BCUT2D eigenvalue weighted by Gasteiger charge is 2.18. The number of anilines is 1. The summed E-state index contributed by atoms with van der Waals surface area (Å²) >= 11 is 3.35. The van der Waals surface area contributed by atoms with E-state index in [9.17, 15) is 4.79 Å². The smallest absolute Gasteiger partial charge is 0.412 e. The lowest BCUT2D eigenvalue weighted by atomic mass is 10.1. The van der Waals surface area contributed by atoms with Crippen LogP contribution in [0.15, 0.2) is 22.7 Å². The summed E-state index contributed by atoms with van der Waals surface area (Å²) in [6, 6.07) is 5.35. The lowest BCUT2D eigenvalue weighted by Gasteiger charge is -2.20. The molecule has 2 aromatic rings. The van der Waals surface area contributed by atoms with Crippen LogP contribution in [-0.4, -0.2) is 32.3 Å². The Kier molecular flexibility index (Phi) is 4.03. The molecule has 0 radical (unpaired) electrons. The molecule has 0 aliphatic carbocycles. The largest absolute Gasteiger partial charge is 0.444 e. The van der Waals surface area contributed by atoms with Crippen LogP contribution < -0.4 is 5.32 Å². The molecule has 2 N–H and O–H groups in total. The molecule has 1 heterocycles. The van der Waals surface area contributed by atoms with Crippen molar-refractivity contribution in [2.24, 2.45) is 0 Å². The van der Waals surface area contributed by atoms with Crippen molar-refractivity contribution in [2.45, 2.75) is 26.4 Å². The summed E-state index contributed by atoms with van der Waals surface area (Å²) in [7, 11) is 0. The van der Waals surface area contributed by atoms with Crippen molar-refractivity contribution in [1.82, 2.24) is 20.6 Å². The number of aromatic nitrogens is 4. The zero-order chi connectivity index (χ0) is 14.8. The highest BCUT2D eigenvalue weighted by atomic mass is 79.9. The van der Waals surface area contributed by atoms with Crippen LogP contribution in [0.5, 0.6) is 0 Å². The van der Waals surface area contributed by atoms with Gasteiger partial charge in [0.1, 0.15) is 5.60 Å². The first kappa shape index (κ1) is 14.4. The number of carbonyl (C=O) groups excluding carboxylic acids is 1. The molecule has 106 valence electrons. The van der Waals surface area contributed by atoms with Crippen molar-refractivity contribution in [3.05, 3.63) is 22.7 Å². The van der Waals surface area contributed by atoms with Crippen LogP contribution in [-0.2, 0) is 4.74 Å². The molecule has 0 fully saturated rings. The Balaban J connectivity index is 2.27. The van der Waals surface area contributed by atoms with Gasteiger partial charge in [-0.25, -0.2) is 4.79 Å². The van der Waals surface area contributed by atoms with Gasteiger partial charge in [-0.3, -0.25) is 5.32 Å². The number of hydrogen-bond donors (Lipinski definition) is 2. The second kappa shape index (κ2) is 5.58. The van der Waals surface area contributed by atoms with Gasteiger partial charge in [-0.15, -0.1) is 10.2 Å². The van der Waals surface area contributed by atoms with Gasteiger partial charge >= 0.3 is 6.09 Å². The van der Waals surface area contributed by atoms with Crippen LogP contribution in [0.3, 0.4) is 0 Å². The normalized spacial score (nSPS) is 11.2. The third-order valence-corrected chi connectivity index (χ3v) is 2.70. The van der Waals surface area contributed by atoms with Gasteiger partial charge in [0.2, 0.25) is 5.82 Å². The summed E-state index contributed by atoms with van der Waals surface area (Å²) in [5, 5.41) is 16.4. The summed E-state index contributed by atoms with van der Waals surface area (Å²) in [5.41, 5.74) is 0.616. The molecule has 0 aliphatic heterocycles. The molecule has 1 aromatic carbocycles. The Bertz CT molecular complexity index is 607. The second-order valence-corrected chi connectivity index (χ2v) is 5.97. The van der Waals surface area contributed by atoms with Crippen LogP contribution in [0, 0.1) is 0 Å². The number of rotatable bonds is 2. The Morgan fingerprint density at radius 1 is 1.40 bits per heavy atom. The first-order chi connectivity index (χ1) is 9.35. The summed E-state index contributed by atoms with van der Waals surface area (Å²) in [4.78, 5) is 11.8. The van der Waals surface area contributed by atoms with E-state index in [0.717, 1.165) is 4.47 Å². The van der Waals surface area contributed by atoms with E-state index in [4.69, 9.17) is 4.74 Å². The number of halogens is 1. The number of amides is 1. The quantitative estimate of drug-likeness (QED) is 0.877. The van der Waals surface area contributed by atoms with Crippen LogP contribution >= 0.6 is 15.9 Å². The maximum atomic E-state index is 11.8. The molecule has 0 unspecified atom stereocenters. The Morgan fingerprint density at radius 3 is 2.75 bits per heavy atom. The molecule has 1 aromatic heterocycles. The van der Waals surface area contributed by atoms with Gasteiger partial charge in [0.05, 0.1) is 5.69 Å². The molecule has 8 heteroatoms. The molecule has 7 nitrogen and oxygen atoms in total. The zero-order valence-corrected chi connectivity index (χ0v) is 12.9. The van der Waals surface area contributed by atoms with Crippen molar-refractivity contribution in [2.75, 3.05) is 5.32 Å². The van der Waals surface area contributed by atoms with E-state index in [0.29, 0.717) is 17.1 Å². The van der Waals surface area contributed by atoms with E-state index in [1.807, 2.05) is 6.07 Å². The van der Waals surface area contributed by atoms with Gasteiger partial charge in [0, 0.05) is 10.0 Å². The van der Waals surface area contributed by atoms with Gasteiger partial charge in [-0.05, 0) is 44.2 Å². The molecule has 20 heavy (non-hydrogen) atoms. The minimum atomic E-state index is -0.567. The minimum absolute atomic E-state index is 0.392. The standard InChI is InChI=1S/C12H14BrN5O2/c1-12(2,3)20-11(19)14-9-6-7(13)4-5-8(9)10-15-17-18-16-10/h4-6H,1-3H3,(H,14,19)(H,15,16,17,18). The van der Waals surface area contributed by atoms with E-state index >= 15 is 0 Å². The lowest BCUT2D eigenvalue weighted by Crippen LogP contribution is -2.27. The molecule has 0 bridgehead atoms. The highest BCUT2D eigenvalue weighted by molar-refractivity contribution is 9.10. The Morgan fingerprint density at radius 2 is 2.15 bits per heavy atom. The number of nitrogens with zero attached hydrogens (tertiary/aromatic N) is 3. The molecule has 0 spiro atoms. The van der Waals surface area contributed by atoms with Gasteiger partial charge in [-0.1, -0.05) is 15.9 Å². The van der Waals surface area contributed by atoms with Crippen molar-refractivity contribution in [1.29, 1.82) is 0 Å². The summed E-state index contributed by atoms with van der Waals surface area (Å²) < 4.78 is 6.04. The number of nitrogens with one attached hydrogen (secondary N) is 2. The number of H-pyrrole nitrogens is 1. The number of hydrogen-bond acceptors (Lipinski definition) is 5. The molecule has 0 saturated carbocycles. The molecular weight excluding hydrogens is 326 g/mol. The summed E-state index contributed by atoms with van der Waals surface area (Å²) in [6.45, 7) is 5.40. The van der Waals surface area contributed by atoms with Crippen molar-refractivity contribution < 1.29 is 9.53 Å². The van der Waals surface area contributed by atoms with Gasteiger partial charge in [-0.2, -0.15) is 5.21 Å². The monoisotopic (exact) mass is 339 g/mol. The van der Waals surface area contributed by atoms with Crippen molar-refractivity contribution >= 4 is 27.7 Å². The number of ether oxygens (including phenoxy) is 1. The van der Waals surface area contributed by atoms with Crippen LogP contribution in [0.25, 0.3) is 11.4 Å². The van der Waals surface area contributed by atoms with E-state index in [-0.39, 0.29) is 0 Å². The van der Waals surface area contributed by atoms with E-state index in [1.165, 1.54) is 0 Å². The molecule has 2 rings (SSSR count). The minimum Gasteiger partial charge on any atom is -0.444 e. The number of benzene rings is 1. The average Bonchev–Trinajstić information content (AvgIpc) is 2.79. The zero-order valence-electron chi connectivity index (χ0n) is 11.3. The number of carbonyl (C=O) groups is 1. The predicted molar refractivity (Wildman–Crippen MR) is 77.2 cm³/mol. The van der Waals surface area contributed by atoms with Crippen LogP contribution in [0.4, 0.5) is 10.5 Å². The fraction of sp³-hybridized carbons (Fsp3) is 0.333.